The Bertz CT molecular complexity index is 329. The first kappa shape index (κ1) is 16.1. The van der Waals surface area contributed by atoms with Gasteiger partial charge in [-0.25, -0.2) is 8.78 Å². The fraction of sp³-hybridized carbons (Fsp3) is 1.00. The Balaban J connectivity index is 2.08. The van der Waals surface area contributed by atoms with E-state index in [1.807, 2.05) is 0 Å². The van der Waals surface area contributed by atoms with Crippen LogP contribution in [0.1, 0.15) is 40.5 Å². The minimum absolute atomic E-state index is 0.0182. The molecular formula is C15H28F2N2O. The van der Waals surface area contributed by atoms with Crippen LogP contribution in [0.4, 0.5) is 8.78 Å². The zero-order chi connectivity index (χ0) is 15.0. The minimum Gasteiger partial charge on any atom is -0.379 e. The van der Waals surface area contributed by atoms with Crippen LogP contribution in [0.15, 0.2) is 0 Å². The van der Waals surface area contributed by atoms with Crippen LogP contribution in [0.2, 0.25) is 0 Å². The molecule has 2 rings (SSSR count). The Kier molecular flexibility index (Phi) is 4.43. The number of alkyl halides is 2. The van der Waals surface area contributed by atoms with Gasteiger partial charge < -0.3 is 4.74 Å². The molecule has 0 unspecified atom stereocenters. The first-order valence-corrected chi connectivity index (χ1v) is 7.62. The molecule has 0 aromatic carbocycles. The molecule has 0 saturated carbocycles. The average molecular weight is 290 g/mol. The van der Waals surface area contributed by atoms with Crippen molar-refractivity contribution in [3.8, 4) is 0 Å². The normalized spacial score (nSPS) is 26.7. The highest BCUT2D eigenvalue weighted by molar-refractivity contribution is 5.04. The van der Waals surface area contributed by atoms with Crippen molar-refractivity contribution in [2.75, 3.05) is 39.4 Å². The van der Waals surface area contributed by atoms with Gasteiger partial charge in [-0.2, -0.15) is 0 Å². The Hall–Kier alpha value is -0.260. The highest BCUT2D eigenvalue weighted by Crippen LogP contribution is 2.38. The molecule has 2 saturated heterocycles. The van der Waals surface area contributed by atoms with Gasteiger partial charge in [0.2, 0.25) is 0 Å². The van der Waals surface area contributed by atoms with Crippen LogP contribution in [0.5, 0.6) is 0 Å². The lowest BCUT2D eigenvalue weighted by atomic mass is 9.78. The maximum Gasteiger partial charge on any atom is 0.250 e. The number of hydrogen-bond acceptors (Lipinski definition) is 3. The van der Waals surface area contributed by atoms with E-state index in [0.717, 1.165) is 26.3 Å². The van der Waals surface area contributed by atoms with E-state index in [1.54, 1.807) is 0 Å². The molecule has 0 spiro atoms. The van der Waals surface area contributed by atoms with E-state index in [1.165, 1.54) is 0 Å². The summed E-state index contributed by atoms with van der Waals surface area (Å²) in [5.41, 5.74) is -0.204. The topological polar surface area (TPSA) is 15.7 Å². The molecule has 0 bridgehead atoms. The van der Waals surface area contributed by atoms with Gasteiger partial charge in [-0.3, -0.25) is 9.80 Å². The van der Waals surface area contributed by atoms with E-state index in [0.29, 0.717) is 13.1 Å². The van der Waals surface area contributed by atoms with Crippen LogP contribution in [0.3, 0.4) is 0 Å². The van der Waals surface area contributed by atoms with E-state index >= 15 is 0 Å². The number of likely N-dealkylation sites (tertiary alicyclic amines) is 1. The molecule has 0 aromatic heterocycles. The van der Waals surface area contributed by atoms with Crippen LogP contribution in [-0.4, -0.2) is 66.2 Å². The summed E-state index contributed by atoms with van der Waals surface area (Å²) in [7, 11) is 0. The Morgan fingerprint density at radius 1 is 0.800 bits per heavy atom. The maximum absolute atomic E-state index is 13.4. The van der Waals surface area contributed by atoms with Crippen LogP contribution in [-0.2, 0) is 4.74 Å². The van der Waals surface area contributed by atoms with Crippen LogP contribution in [0, 0.1) is 0 Å². The van der Waals surface area contributed by atoms with Crippen LogP contribution >= 0.6 is 0 Å². The largest absolute Gasteiger partial charge is 0.379 e. The van der Waals surface area contributed by atoms with Gasteiger partial charge in [0.15, 0.2) is 0 Å². The molecule has 118 valence electrons. The van der Waals surface area contributed by atoms with Gasteiger partial charge in [-0.1, -0.05) is 0 Å². The van der Waals surface area contributed by atoms with Crippen molar-refractivity contribution in [2.24, 2.45) is 0 Å². The second-order valence-corrected chi connectivity index (χ2v) is 7.06. The lowest BCUT2D eigenvalue weighted by Crippen LogP contribution is -2.68. The Morgan fingerprint density at radius 2 is 1.20 bits per heavy atom. The molecule has 0 aliphatic carbocycles. The van der Waals surface area contributed by atoms with Crippen molar-refractivity contribution in [1.82, 2.24) is 9.80 Å². The van der Waals surface area contributed by atoms with Gasteiger partial charge in [-0.05, 0) is 27.7 Å². The second kappa shape index (κ2) is 5.50. The molecule has 5 heteroatoms. The summed E-state index contributed by atoms with van der Waals surface area (Å²) in [6, 6.07) is 0. The smallest absolute Gasteiger partial charge is 0.250 e. The van der Waals surface area contributed by atoms with Crippen molar-refractivity contribution >= 4 is 0 Å². The second-order valence-electron chi connectivity index (χ2n) is 7.06. The van der Waals surface area contributed by atoms with Crippen LogP contribution < -0.4 is 0 Å². The molecule has 2 fully saturated rings. The molecule has 3 nitrogen and oxygen atoms in total. The SMILES string of the molecule is CC(C)(N1CCOCC1)C(C)(C)N1CCC(F)(F)CC1. The number of ether oxygens (including phenoxy) is 1. The number of morpholine rings is 1. The molecular weight excluding hydrogens is 262 g/mol. The standard InChI is InChI=1S/C15H28F2N2O/c1-13(2,18-7-5-15(16,17)6-8-18)14(3,4)19-9-11-20-12-10-19/h5-12H2,1-4H3. The summed E-state index contributed by atoms with van der Waals surface area (Å²) in [4.78, 5) is 4.67. The molecule has 0 radical (unpaired) electrons. The highest BCUT2D eigenvalue weighted by atomic mass is 19.3. The molecule has 0 amide bonds. The number of halogens is 2. The number of piperidine rings is 1. The van der Waals surface area contributed by atoms with Gasteiger partial charge in [-0.15, -0.1) is 0 Å². The molecule has 0 atom stereocenters. The van der Waals surface area contributed by atoms with Crippen LogP contribution in [0.25, 0.3) is 0 Å². The van der Waals surface area contributed by atoms with Crippen molar-refractivity contribution in [2.45, 2.75) is 57.5 Å². The molecule has 2 aliphatic heterocycles. The predicted octanol–water partition coefficient (Wildman–Crippen LogP) is 2.61. The van der Waals surface area contributed by atoms with Gasteiger partial charge in [0.05, 0.1) is 13.2 Å². The van der Waals surface area contributed by atoms with Gasteiger partial charge in [0.1, 0.15) is 0 Å². The summed E-state index contributed by atoms with van der Waals surface area (Å²) in [5, 5.41) is 0. The first-order valence-electron chi connectivity index (χ1n) is 7.62. The van der Waals surface area contributed by atoms with E-state index in [2.05, 4.69) is 37.5 Å². The fourth-order valence-corrected chi connectivity index (χ4v) is 3.29. The fourth-order valence-electron chi connectivity index (χ4n) is 3.29. The third-order valence-electron chi connectivity index (χ3n) is 5.58. The third kappa shape index (κ3) is 3.00. The number of rotatable bonds is 3. The van der Waals surface area contributed by atoms with E-state index in [9.17, 15) is 8.78 Å². The molecule has 0 N–H and O–H groups in total. The van der Waals surface area contributed by atoms with Gasteiger partial charge in [0.25, 0.3) is 5.92 Å². The molecule has 0 aromatic rings. The van der Waals surface area contributed by atoms with Crippen molar-refractivity contribution < 1.29 is 13.5 Å². The Labute approximate surface area is 121 Å². The maximum atomic E-state index is 13.4. The minimum atomic E-state index is -2.48. The lowest BCUT2D eigenvalue weighted by molar-refractivity contribution is -0.116. The van der Waals surface area contributed by atoms with Crippen molar-refractivity contribution in [3.63, 3.8) is 0 Å². The monoisotopic (exact) mass is 290 g/mol. The van der Waals surface area contributed by atoms with Gasteiger partial charge in [0, 0.05) is 50.1 Å². The van der Waals surface area contributed by atoms with E-state index < -0.39 is 5.92 Å². The van der Waals surface area contributed by atoms with Gasteiger partial charge >= 0.3 is 0 Å². The van der Waals surface area contributed by atoms with Crippen molar-refractivity contribution in [1.29, 1.82) is 0 Å². The summed E-state index contributed by atoms with van der Waals surface area (Å²) in [6.45, 7) is 13.1. The molecule has 2 heterocycles. The Morgan fingerprint density at radius 3 is 1.65 bits per heavy atom. The quantitative estimate of drug-likeness (QED) is 0.794. The third-order valence-corrected chi connectivity index (χ3v) is 5.58. The first-order chi connectivity index (χ1) is 9.17. The lowest BCUT2D eigenvalue weighted by Gasteiger charge is -2.56. The van der Waals surface area contributed by atoms with E-state index in [4.69, 9.17) is 4.74 Å². The summed E-state index contributed by atoms with van der Waals surface area (Å²) in [5.74, 6) is -2.48. The number of hydrogen-bond donors (Lipinski definition) is 0. The van der Waals surface area contributed by atoms with Crippen molar-refractivity contribution in [3.05, 3.63) is 0 Å². The van der Waals surface area contributed by atoms with E-state index in [-0.39, 0.29) is 23.9 Å². The zero-order valence-electron chi connectivity index (χ0n) is 13.2. The summed E-state index contributed by atoms with van der Waals surface area (Å²) < 4.78 is 32.2. The summed E-state index contributed by atoms with van der Waals surface area (Å²) in [6.07, 6.45) is -0.0365. The molecule has 20 heavy (non-hydrogen) atoms. The number of nitrogens with zero attached hydrogens (tertiary/aromatic N) is 2. The zero-order valence-corrected chi connectivity index (χ0v) is 13.2. The highest BCUT2D eigenvalue weighted by Gasteiger charge is 2.48. The summed E-state index contributed by atoms with van der Waals surface area (Å²) >= 11 is 0. The predicted molar refractivity (Wildman–Crippen MR) is 76.3 cm³/mol. The molecule has 2 aliphatic rings. The average Bonchev–Trinajstić information content (AvgIpc) is 2.39.